The average Bonchev–Trinajstić information content (AvgIpc) is 3.76. The van der Waals surface area contributed by atoms with Gasteiger partial charge in [-0.15, -0.1) is 0 Å². The zero-order valence-corrected chi connectivity index (χ0v) is 30.5. The molecule has 0 bridgehead atoms. The Labute approximate surface area is 315 Å². The molecule has 258 valence electrons. The molecule has 0 radical (unpaired) electrons. The van der Waals surface area contributed by atoms with Crippen LogP contribution in [0.25, 0.3) is 71.7 Å². The zero-order chi connectivity index (χ0) is 36.3. The van der Waals surface area contributed by atoms with Gasteiger partial charge >= 0.3 is 0 Å². The van der Waals surface area contributed by atoms with E-state index in [1.165, 1.54) is 55.3 Å². The lowest BCUT2D eigenvalue weighted by Crippen LogP contribution is -2.14. The quantitative estimate of drug-likeness (QED) is 0.173. The SMILES string of the molecule is Cc1ccccc1N(c1c(C)cc(-c2ccccc2)cc1C)c1ccc(-c2ccccc2-n2c3ccccc3c3ccccc32)c2oc3ccccc3c12. The van der Waals surface area contributed by atoms with Crippen LogP contribution in [-0.4, -0.2) is 4.57 Å². The highest BCUT2D eigenvalue weighted by molar-refractivity contribution is 6.18. The van der Waals surface area contributed by atoms with Crippen LogP contribution in [0, 0.1) is 20.8 Å². The fourth-order valence-corrected chi connectivity index (χ4v) is 8.58. The second kappa shape index (κ2) is 12.7. The standard InChI is InChI=1S/C51H38N2O/c1-33-17-7-12-24-43(33)53(50-34(2)31-37(32-35(50)3)36-18-5-4-6-19-36)47-30-29-41(51-49(47)42-23-11-16-28-48(42)54-51)40-22-10-15-27-46(40)52-44-25-13-8-20-38(44)39-21-9-14-26-45(39)52/h4-32H,1-3H3. The molecule has 0 fully saturated rings. The third-order valence-corrected chi connectivity index (χ3v) is 10.9. The highest BCUT2D eigenvalue weighted by Crippen LogP contribution is 2.49. The minimum atomic E-state index is 0.869. The van der Waals surface area contributed by atoms with Crippen molar-refractivity contribution in [1.82, 2.24) is 4.57 Å². The molecule has 2 aromatic heterocycles. The van der Waals surface area contributed by atoms with Crippen LogP contribution in [0.4, 0.5) is 17.1 Å². The van der Waals surface area contributed by atoms with E-state index in [2.05, 4.69) is 206 Å². The molecule has 8 aromatic carbocycles. The van der Waals surface area contributed by atoms with Crippen LogP contribution in [0.5, 0.6) is 0 Å². The van der Waals surface area contributed by atoms with Crippen molar-refractivity contribution in [2.75, 3.05) is 4.90 Å². The highest BCUT2D eigenvalue weighted by atomic mass is 16.3. The molecule has 54 heavy (non-hydrogen) atoms. The van der Waals surface area contributed by atoms with Crippen LogP contribution in [-0.2, 0) is 0 Å². The summed E-state index contributed by atoms with van der Waals surface area (Å²) in [5.41, 5.74) is 16.8. The molecule has 10 aromatic rings. The second-order valence-electron chi connectivity index (χ2n) is 14.3. The Balaban J connectivity index is 1.26. The average molecular weight is 695 g/mol. The summed E-state index contributed by atoms with van der Waals surface area (Å²) in [7, 11) is 0. The molecule has 0 aliphatic heterocycles. The number of anilines is 3. The lowest BCUT2D eigenvalue weighted by molar-refractivity contribution is 0.670. The Bertz CT molecular complexity index is 2960. The summed E-state index contributed by atoms with van der Waals surface area (Å²) in [5.74, 6) is 0. The van der Waals surface area contributed by atoms with Crippen LogP contribution in [0.15, 0.2) is 180 Å². The van der Waals surface area contributed by atoms with E-state index in [9.17, 15) is 0 Å². The van der Waals surface area contributed by atoms with E-state index in [0.717, 1.165) is 50.1 Å². The van der Waals surface area contributed by atoms with Crippen molar-refractivity contribution in [2.24, 2.45) is 0 Å². The van der Waals surface area contributed by atoms with E-state index in [-0.39, 0.29) is 0 Å². The Kier molecular flexibility index (Phi) is 7.48. The minimum Gasteiger partial charge on any atom is -0.455 e. The molecule has 0 unspecified atom stereocenters. The van der Waals surface area contributed by atoms with Gasteiger partial charge in [0.25, 0.3) is 0 Å². The second-order valence-corrected chi connectivity index (χ2v) is 14.3. The fourth-order valence-electron chi connectivity index (χ4n) is 8.58. The summed E-state index contributed by atoms with van der Waals surface area (Å²) in [4.78, 5) is 2.46. The van der Waals surface area contributed by atoms with Gasteiger partial charge in [-0.1, -0.05) is 121 Å². The molecule has 0 spiro atoms. The molecule has 10 rings (SSSR count). The van der Waals surface area contributed by atoms with Crippen molar-refractivity contribution in [1.29, 1.82) is 0 Å². The molecule has 0 aliphatic rings. The molecule has 3 heteroatoms. The van der Waals surface area contributed by atoms with Crippen LogP contribution in [0.3, 0.4) is 0 Å². The maximum Gasteiger partial charge on any atom is 0.145 e. The number of para-hydroxylation sites is 5. The Hall–Kier alpha value is -6.84. The molecule has 0 saturated carbocycles. The van der Waals surface area contributed by atoms with E-state index in [1.54, 1.807) is 0 Å². The number of nitrogens with zero attached hydrogens (tertiary/aromatic N) is 2. The summed E-state index contributed by atoms with van der Waals surface area (Å²) in [6.45, 7) is 6.68. The first-order chi connectivity index (χ1) is 26.6. The predicted octanol–water partition coefficient (Wildman–Crippen LogP) is 14.4. The van der Waals surface area contributed by atoms with Crippen molar-refractivity contribution < 1.29 is 4.42 Å². The minimum absolute atomic E-state index is 0.869. The van der Waals surface area contributed by atoms with Crippen molar-refractivity contribution >= 4 is 60.8 Å². The number of aryl methyl sites for hydroxylation is 3. The topological polar surface area (TPSA) is 21.3 Å². The van der Waals surface area contributed by atoms with Gasteiger partial charge in [0.15, 0.2) is 0 Å². The van der Waals surface area contributed by atoms with Gasteiger partial charge in [0.1, 0.15) is 11.2 Å². The van der Waals surface area contributed by atoms with Crippen LogP contribution in [0.1, 0.15) is 16.7 Å². The Morgan fingerprint density at radius 3 is 1.76 bits per heavy atom. The molecule has 0 aliphatic carbocycles. The van der Waals surface area contributed by atoms with Gasteiger partial charge < -0.3 is 13.9 Å². The normalized spacial score (nSPS) is 11.6. The highest BCUT2D eigenvalue weighted by Gasteiger charge is 2.26. The van der Waals surface area contributed by atoms with Crippen LogP contribution >= 0.6 is 0 Å². The Morgan fingerprint density at radius 1 is 0.444 bits per heavy atom. The molecule has 3 nitrogen and oxygen atoms in total. The van der Waals surface area contributed by atoms with Gasteiger partial charge in [-0.05, 0) is 103 Å². The largest absolute Gasteiger partial charge is 0.455 e. The third-order valence-electron chi connectivity index (χ3n) is 10.9. The van der Waals surface area contributed by atoms with Gasteiger partial charge in [-0.3, -0.25) is 0 Å². The number of fused-ring (bicyclic) bond motifs is 6. The first-order valence-electron chi connectivity index (χ1n) is 18.6. The molecule has 0 amide bonds. The molecule has 0 N–H and O–H groups in total. The maximum atomic E-state index is 6.98. The lowest BCUT2D eigenvalue weighted by atomic mass is 9.95. The van der Waals surface area contributed by atoms with Gasteiger partial charge in [-0.2, -0.15) is 0 Å². The van der Waals surface area contributed by atoms with E-state index in [4.69, 9.17) is 4.42 Å². The molecule has 2 heterocycles. The number of hydrogen-bond acceptors (Lipinski definition) is 2. The molecule has 0 atom stereocenters. The number of rotatable bonds is 6. The summed E-state index contributed by atoms with van der Waals surface area (Å²) in [6.07, 6.45) is 0. The number of furan rings is 1. The monoisotopic (exact) mass is 694 g/mol. The number of aromatic nitrogens is 1. The zero-order valence-electron chi connectivity index (χ0n) is 30.5. The number of hydrogen-bond donors (Lipinski definition) is 0. The van der Waals surface area contributed by atoms with Crippen molar-refractivity contribution in [3.63, 3.8) is 0 Å². The lowest BCUT2D eigenvalue weighted by Gasteiger charge is -2.31. The number of benzene rings is 8. The van der Waals surface area contributed by atoms with Crippen molar-refractivity contribution in [3.8, 4) is 27.9 Å². The first kappa shape index (κ1) is 31.9. The summed E-state index contributed by atoms with van der Waals surface area (Å²) < 4.78 is 9.39. The summed E-state index contributed by atoms with van der Waals surface area (Å²) >= 11 is 0. The summed E-state index contributed by atoms with van der Waals surface area (Å²) in [6, 6.07) is 63.2. The van der Waals surface area contributed by atoms with E-state index >= 15 is 0 Å². The van der Waals surface area contributed by atoms with E-state index in [0.29, 0.717) is 0 Å². The van der Waals surface area contributed by atoms with Gasteiger partial charge in [0.05, 0.1) is 33.5 Å². The molecule has 0 saturated heterocycles. The third kappa shape index (κ3) is 4.97. The van der Waals surface area contributed by atoms with E-state index < -0.39 is 0 Å². The maximum absolute atomic E-state index is 6.98. The summed E-state index contributed by atoms with van der Waals surface area (Å²) in [5, 5.41) is 4.66. The first-order valence-corrected chi connectivity index (χ1v) is 18.6. The van der Waals surface area contributed by atoms with Crippen molar-refractivity contribution in [3.05, 3.63) is 193 Å². The van der Waals surface area contributed by atoms with Gasteiger partial charge in [-0.25, -0.2) is 0 Å². The van der Waals surface area contributed by atoms with Gasteiger partial charge in [0.2, 0.25) is 0 Å². The van der Waals surface area contributed by atoms with Crippen LogP contribution in [0.2, 0.25) is 0 Å². The Morgan fingerprint density at radius 2 is 1.04 bits per heavy atom. The smallest absolute Gasteiger partial charge is 0.145 e. The van der Waals surface area contributed by atoms with Crippen molar-refractivity contribution in [2.45, 2.75) is 20.8 Å². The molecular weight excluding hydrogens is 657 g/mol. The molecular formula is C51H38N2O. The predicted molar refractivity (Wildman–Crippen MR) is 228 cm³/mol. The van der Waals surface area contributed by atoms with Gasteiger partial charge in [0, 0.05) is 33.0 Å². The fraction of sp³-hybridized carbons (Fsp3) is 0.0588. The van der Waals surface area contributed by atoms with E-state index in [1.807, 2.05) is 0 Å². The van der Waals surface area contributed by atoms with Crippen LogP contribution < -0.4 is 4.90 Å².